The van der Waals surface area contributed by atoms with E-state index in [0.29, 0.717) is 0 Å². The van der Waals surface area contributed by atoms with Gasteiger partial charge in [0, 0.05) is 13.5 Å². The highest BCUT2D eigenvalue weighted by Crippen LogP contribution is 2.22. The Morgan fingerprint density at radius 1 is 1.32 bits per heavy atom. The minimum absolute atomic E-state index is 0.257. The standard InChI is InChI=1S/C7H15NO9S2/c1-16-7-6(8-19(13,14)15)5(9)2-4(17-7)3-18(10,11)12/h4-9H,2-3H2,1H3,(H,10,11,12)(H,13,14,15)/t4?,5?,6?,7-/m0/s1. The molecule has 0 radical (unpaired) electrons. The summed E-state index contributed by atoms with van der Waals surface area (Å²) in [5, 5.41) is 9.73. The van der Waals surface area contributed by atoms with Crippen LogP contribution in [0.3, 0.4) is 0 Å². The number of nitrogens with one attached hydrogen (secondary N) is 1. The number of hydrogen-bond acceptors (Lipinski definition) is 7. The summed E-state index contributed by atoms with van der Waals surface area (Å²) in [5.41, 5.74) is 0. The molecule has 10 nitrogen and oxygen atoms in total. The van der Waals surface area contributed by atoms with Gasteiger partial charge in [0.05, 0.1) is 12.2 Å². The summed E-state index contributed by atoms with van der Waals surface area (Å²) in [5.74, 6) is -0.761. The Kier molecular flexibility index (Phi) is 5.25. The van der Waals surface area contributed by atoms with E-state index >= 15 is 0 Å². The Hall–Kier alpha value is -0.340. The Balaban J connectivity index is 2.80. The van der Waals surface area contributed by atoms with Crippen LogP contribution in [0.15, 0.2) is 0 Å². The van der Waals surface area contributed by atoms with Gasteiger partial charge in [0.1, 0.15) is 11.8 Å². The van der Waals surface area contributed by atoms with Gasteiger partial charge >= 0.3 is 10.3 Å². The smallest absolute Gasteiger partial charge is 0.333 e. The molecular formula is C7H15NO9S2. The molecule has 1 aliphatic heterocycles. The molecule has 0 saturated carbocycles. The first kappa shape index (κ1) is 16.7. The maximum Gasteiger partial charge on any atom is 0.333 e. The summed E-state index contributed by atoms with van der Waals surface area (Å²) < 4.78 is 71.7. The van der Waals surface area contributed by atoms with Gasteiger partial charge in [0.15, 0.2) is 6.29 Å². The highest BCUT2D eigenvalue weighted by Gasteiger charge is 2.41. The minimum atomic E-state index is -4.59. The Morgan fingerprint density at radius 2 is 1.89 bits per heavy atom. The van der Waals surface area contributed by atoms with Crippen molar-refractivity contribution in [3.05, 3.63) is 0 Å². The fourth-order valence-electron chi connectivity index (χ4n) is 1.78. The third kappa shape index (κ3) is 5.66. The van der Waals surface area contributed by atoms with Crippen LogP contribution in [0.2, 0.25) is 0 Å². The molecule has 1 saturated heterocycles. The van der Waals surface area contributed by atoms with Crippen LogP contribution in [-0.2, 0) is 29.9 Å². The molecule has 3 unspecified atom stereocenters. The molecule has 12 heteroatoms. The van der Waals surface area contributed by atoms with Gasteiger partial charge in [-0.25, -0.2) is 0 Å². The zero-order valence-corrected chi connectivity index (χ0v) is 11.5. The molecule has 4 atom stereocenters. The summed E-state index contributed by atoms with van der Waals surface area (Å²) in [6, 6.07) is -1.29. The van der Waals surface area contributed by atoms with Crippen LogP contribution >= 0.6 is 0 Å². The lowest BCUT2D eigenvalue weighted by atomic mass is 10.0. The monoisotopic (exact) mass is 321 g/mol. The molecule has 1 fully saturated rings. The summed E-state index contributed by atoms with van der Waals surface area (Å²) in [6.07, 6.45) is -3.98. The van der Waals surface area contributed by atoms with E-state index in [1.54, 1.807) is 4.72 Å². The second kappa shape index (κ2) is 5.97. The van der Waals surface area contributed by atoms with Crippen molar-refractivity contribution in [2.75, 3.05) is 12.9 Å². The molecule has 0 bridgehead atoms. The second-order valence-corrected chi connectivity index (χ2v) is 6.72. The number of hydrogen-bond donors (Lipinski definition) is 4. The van der Waals surface area contributed by atoms with Gasteiger partial charge in [-0.2, -0.15) is 21.6 Å². The zero-order valence-electron chi connectivity index (χ0n) is 9.83. The molecule has 0 aromatic rings. The van der Waals surface area contributed by atoms with E-state index in [-0.39, 0.29) is 6.42 Å². The molecule has 0 amide bonds. The van der Waals surface area contributed by atoms with Gasteiger partial charge in [0.25, 0.3) is 10.1 Å². The number of ether oxygens (including phenoxy) is 2. The topological polar surface area (TPSA) is 159 Å². The van der Waals surface area contributed by atoms with Gasteiger partial charge in [0.2, 0.25) is 0 Å². The SMILES string of the molecule is CO[C@H]1OC(CS(=O)(=O)O)CC(O)C1NS(=O)(=O)O. The van der Waals surface area contributed by atoms with Crippen molar-refractivity contribution in [2.45, 2.75) is 31.0 Å². The fraction of sp³-hybridized carbons (Fsp3) is 1.00. The largest absolute Gasteiger partial charge is 0.391 e. The van der Waals surface area contributed by atoms with Crippen LogP contribution < -0.4 is 4.72 Å². The van der Waals surface area contributed by atoms with Crippen LogP contribution in [0, 0.1) is 0 Å². The Bertz CT molecular complexity index is 501. The molecule has 0 aromatic heterocycles. The zero-order chi connectivity index (χ0) is 14.8. The van der Waals surface area contributed by atoms with E-state index in [1.165, 1.54) is 0 Å². The van der Waals surface area contributed by atoms with E-state index in [9.17, 15) is 21.9 Å². The van der Waals surface area contributed by atoms with E-state index in [2.05, 4.69) is 0 Å². The molecule has 4 N–H and O–H groups in total. The maximum absolute atomic E-state index is 10.7. The highest BCUT2D eigenvalue weighted by atomic mass is 32.2. The van der Waals surface area contributed by atoms with Gasteiger partial charge in [-0.05, 0) is 0 Å². The summed E-state index contributed by atoms with van der Waals surface area (Å²) in [4.78, 5) is 0. The number of aliphatic hydroxyl groups excluding tert-OH is 1. The third-order valence-electron chi connectivity index (χ3n) is 2.45. The maximum atomic E-state index is 10.7. The lowest BCUT2D eigenvalue weighted by Gasteiger charge is -2.38. The van der Waals surface area contributed by atoms with Crippen LogP contribution in [0.5, 0.6) is 0 Å². The minimum Gasteiger partial charge on any atom is -0.391 e. The third-order valence-corrected chi connectivity index (χ3v) is 3.82. The normalized spacial score (nSPS) is 33.3. The van der Waals surface area contributed by atoms with Crippen LogP contribution in [-0.4, -0.2) is 68.5 Å². The van der Waals surface area contributed by atoms with Crippen molar-refractivity contribution < 1.29 is 40.5 Å². The van der Waals surface area contributed by atoms with Crippen LogP contribution in [0.1, 0.15) is 6.42 Å². The van der Waals surface area contributed by atoms with Crippen LogP contribution in [0.4, 0.5) is 0 Å². The number of aliphatic hydroxyl groups is 1. The highest BCUT2D eigenvalue weighted by molar-refractivity contribution is 7.85. The number of methoxy groups -OCH3 is 1. The van der Waals surface area contributed by atoms with Gasteiger partial charge < -0.3 is 14.6 Å². The molecule has 1 aliphatic rings. The predicted molar refractivity (Wildman–Crippen MR) is 61.2 cm³/mol. The molecule has 114 valence electrons. The second-order valence-electron chi connectivity index (χ2n) is 4.03. The molecule has 0 aromatic carbocycles. The lowest BCUT2D eigenvalue weighted by Crippen LogP contribution is -2.58. The van der Waals surface area contributed by atoms with Gasteiger partial charge in [-0.1, -0.05) is 0 Å². The molecule has 0 spiro atoms. The van der Waals surface area contributed by atoms with Crippen molar-refractivity contribution in [3.63, 3.8) is 0 Å². The predicted octanol–water partition coefficient (Wildman–Crippen LogP) is -2.24. The Labute approximate surface area is 110 Å². The van der Waals surface area contributed by atoms with E-state index < -0.39 is 50.7 Å². The lowest BCUT2D eigenvalue weighted by molar-refractivity contribution is -0.211. The quantitative estimate of drug-likeness (QED) is 0.410. The molecule has 0 aliphatic carbocycles. The van der Waals surface area contributed by atoms with Crippen molar-refractivity contribution in [2.24, 2.45) is 0 Å². The van der Waals surface area contributed by atoms with E-state index in [0.717, 1.165) is 7.11 Å². The average Bonchev–Trinajstić information content (AvgIpc) is 2.17. The first-order valence-electron chi connectivity index (χ1n) is 5.08. The van der Waals surface area contributed by atoms with Gasteiger partial charge in [-0.3, -0.25) is 9.11 Å². The molecule has 1 heterocycles. The van der Waals surface area contributed by atoms with Crippen molar-refractivity contribution in [1.82, 2.24) is 4.72 Å². The fourth-order valence-corrected chi connectivity index (χ4v) is 3.07. The first-order valence-corrected chi connectivity index (χ1v) is 8.13. The van der Waals surface area contributed by atoms with Crippen molar-refractivity contribution >= 4 is 20.4 Å². The molecule has 19 heavy (non-hydrogen) atoms. The van der Waals surface area contributed by atoms with Crippen LogP contribution in [0.25, 0.3) is 0 Å². The van der Waals surface area contributed by atoms with Gasteiger partial charge in [-0.15, -0.1) is 0 Å². The van der Waals surface area contributed by atoms with Crippen molar-refractivity contribution in [3.8, 4) is 0 Å². The summed E-state index contributed by atoms with van der Waals surface area (Å²) >= 11 is 0. The average molecular weight is 321 g/mol. The van der Waals surface area contributed by atoms with Crippen molar-refractivity contribution in [1.29, 1.82) is 0 Å². The summed E-state index contributed by atoms with van der Waals surface area (Å²) in [6.45, 7) is 0. The van der Waals surface area contributed by atoms with E-state index in [1.807, 2.05) is 0 Å². The molecule has 1 rings (SSSR count). The number of rotatable bonds is 5. The first-order chi connectivity index (χ1) is 8.52. The summed E-state index contributed by atoms with van der Waals surface area (Å²) in [7, 11) is -7.76. The molecular weight excluding hydrogens is 306 g/mol. The Morgan fingerprint density at radius 3 is 2.32 bits per heavy atom. The van der Waals surface area contributed by atoms with E-state index in [4.69, 9.17) is 18.6 Å².